The van der Waals surface area contributed by atoms with Crippen LogP contribution in [0.25, 0.3) is 11.0 Å². The first-order chi connectivity index (χ1) is 15.9. The molecule has 0 spiro atoms. The van der Waals surface area contributed by atoms with Gasteiger partial charge in [-0.1, -0.05) is 127 Å². The molecule has 5 aromatic rings. The lowest BCUT2D eigenvalue weighted by atomic mass is 9.27. The number of rotatable bonds is 4. The highest BCUT2D eigenvalue weighted by Crippen LogP contribution is 2.49. The van der Waals surface area contributed by atoms with Crippen LogP contribution in [0.15, 0.2) is 144 Å². The van der Waals surface area contributed by atoms with Gasteiger partial charge in [-0.25, -0.2) is 0 Å². The Hall–Kier alpha value is -4.04. The summed E-state index contributed by atoms with van der Waals surface area (Å²) >= 11 is 0. The first kappa shape index (κ1) is 18.7. The van der Waals surface area contributed by atoms with Crippen LogP contribution in [0.5, 0.6) is 0 Å². The summed E-state index contributed by atoms with van der Waals surface area (Å²) < 4.78 is 3.63. The van der Waals surface area contributed by atoms with E-state index in [1.54, 1.807) is 0 Å². The number of benzene rings is 4. The Labute approximate surface area is 189 Å². The topological polar surface area (TPSA) is 2.70 Å². The van der Waals surface area contributed by atoms with Crippen molar-refractivity contribution in [2.75, 3.05) is 0 Å². The molecule has 0 bridgehead atoms. The predicted molar refractivity (Wildman–Crippen MR) is 135 cm³/mol. The summed E-state index contributed by atoms with van der Waals surface area (Å²) in [5.41, 5.74) is 7.66. The number of fused-ring (bicyclic) bond motifs is 1. The molecule has 0 saturated carbocycles. The highest BCUT2D eigenvalue weighted by Gasteiger charge is 2.52. The van der Waals surface area contributed by atoms with E-state index >= 15 is 0 Å². The second kappa shape index (κ2) is 7.58. The van der Waals surface area contributed by atoms with E-state index in [0.29, 0.717) is 0 Å². The third-order valence-corrected chi connectivity index (χ3v) is 6.72. The van der Waals surface area contributed by atoms with E-state index in [9.17, 15) is 0 Å². The summed E-state index contributed by atoms with van der Waals surface area (Å²) in [5, 5.41) is 0. The van der Waals surface area contributed by atoms with Crippen LogP contribution < -0.4 is 10.9 Å². The molecule has 0 amide bonds. The zero-order chi connectivity index (χ0) is 21.4. The van der Waals surface area contributed by atoms with E-state index in [-0.39, 0.29) is 0 Å². The summed E-state index contributed by atoms with van der Waals surface area (Å²) in [7, 11) is 0. The summed E-state index contributed by atoms with van der Waals surface area (Å²) in [6, 6.07) is 47.8. The Balaban J connectivity index is 1.83. The molecule has 0 radical (unpaired) electrons. The van der Waals surface area contributed by atoms with Crippen LogP contribution in [-0.4, -0.2) is 6.35 Å². The predicted octanol–water partition coefficient (Wildman–Crippen LogP) is 6.09. The minimum absolute atomic E-state index is 1.18. The first-order valence-corrected chi connectivity index (χ1v) is 11.1. The van der Waals surface area contributed by atoms with Crippen LogP contribution in [0.4, 0.5) is 0 Å². The fraction of sp³-hybridized carbons (Fsp3) is 0. The van der Waals surface area contributed by atoms with Crippen LogP contribution in [0, 0.1) is 0 Å². The van der Waals surface area contributed by atoms with Gasteiger partial charge in [0.1, 0.15) is 0 Å². The lowest BCUT2D eigenvalue weighted by Gasteiger charge is -2.39. The molecule has 2 heterocycles. The normalized spacial score (nSPS) is 14.4. The second-order valence-electron chi connectivity index (χ2n) is 8.36. The third-order valence-electron chi connectivity index (χ3n) is 6.72. The van der Waals surface area contributed by atoms with Crippen molar-refractivity contribution in [1.29, 1.82) is 0 Å². The highest BCUT2D eigenvalue weighted by molar-refractivity contribution is 7.13. The van der Waals surface area contributed by atoms with Gasteiger partial charge in [0.15, 0.2) is 6.26 Å². The Kier molecular flexibility index (Phi) is 4.43. The minimum atomic E-state index is -1.50. The monoisotopic (exact) mass is 410 g/mol. The van der Waals surface area contributed by atoms with Crippen molar-refractivity contribution in [2.45, 2.75) is 0 Å². The maximum absolute atomic E-state index is 3.63. The summed E-state index contributed by atoms with van der Waals surface area (Å²) in [6.45, 7) is 0. The van der Waals surface area contributed by atoms with E-state index in [1.165, 1.54) is 38.9 Å². The largest absolute Gasteiger partial charge is 0.777 e. The van der Waals surface area contributed by atoms with E-state index in [1.807, 2.05) is 0 Å². The van der Waals surface area contributed by atoms with Gasteiger partial charge in [0.25, 0.3) is 0 Å². The van der Waals surface area contributed by atoms with Gasteiger partial charge in [-0.2, -0.15) is 0 Å². The number of furan rings is 1. The molecule has 0 aliphatic carbocycles. The molecule has 2 heteroatoms. The van der Waals surface area contributed by atoms with Gasteiger partial charge < -0.3 is 3.96 Å². The maximum atomic E-state index is 3.63. The van der Waals surface area contributed by atoms with E-state index in [4.69, 9.17) is 0 Å². The lowest BCUT2D eigenvalue weighted by Crippen LogP contribution is -2.59. The average Bonchev–Trinajstić information content (AvgIpc) is 3.46. The lowest BCUT2D eigenvalue weighted by molar-refractivity contribution is 0.376. The average molecular weight is 410 g/mol. The van der Waals surface area contributed by atoms with Gasteiger partial charge in [0.2, 0.25) is 5.76 Å². The minimum Gasteiger partial charge on any atom is -0.777 e. The number of hydrogen-bond acceptors (Lipinski definition) is 0. The molecule has 0 saturated heterocycles. The van der Waals surface area contributed by atoms with Gasteiger partial charge in [0.05, 0.1) is 0 Å². The number of hydrogen-bond donors (Lipinski definition) is 0. The van der Waals surface area contributed by atoms with Crippen LogP contribution in [0.3, 0.4) is 0 Å². The molecule has 152 valence electrons. The highest BCUT2D eigenvalue weighted by atomic mass is 16.5. The van der Waals surface area contributed by atoms with Gasteiger partial charge in [-0.05, 0) is 11.1 Å². The molecule has 0 N–H and O–H groups in total. The van der Waals surface area contributed by atoms with E-state index < -0.39 is 6.35 Å². The first-order valence-electron chi connectivity index (χ1n) is 11.1. The van der Waals surface area contributed by atoms with E-state index in [0.717, 1.165) is 0 Å². The Bertz CT molecular complexity index is 1350. The molecule has 0 atom stereocenters. The molecule has 1 nitrogen and oxygen atoms in total. The van der Waals surface area contributed by atoms with Gasteiger partial charge in [0, 0.05) is 17.7 Å². The zero-order valence-corrected chi connectivity index (χ0v) is 17.8. The quantitative estimate of drug-likeness (QED) is 0.249. The van der Waals surface area contributed by atoms with Gasteiger partial charge in [-0.3, -0.25) is 0 Å². The van der Waals surface area contributed by atoms with Crippen molar-refractivity contribution in [1.82, 2.24) is 0 Å². The molecule has 1 aromatic heterocycles. The fourth-order valence-corrected chi connectivity index (χ4v) is 5.50. The fourth-order valence-electron chi connectivity index (χ4n) is 5.50. The molecular formula is C30H23BO. The van der Waals surface area contributed by atoms with Crippen LogP contribution in [0.1, 0.15) is 16.9 Å². The van der Waals surface area contributed by atoms with Crippen molar-refractivity contribution in [3.8, 4) is 0 Å². The van der Waals surface area contributed by atoms with Crippen LogP contribution >= 0.6 is 0 Å². The van der Waals surface area contributed by atoms with Crippen molar-refractivity contribution >= 4 is 28.3 Å². The summed E-state index contributed by atoms with van der Waals surface area (Å²) in [5.74, 6) is 1.18. The zero-order valence-electron chi connectivity index (χ0n) is 17.8. The van der Waals surface area contributed by atoms with Crippen molar-refractivity contribution in [3.63, 3.8) is 0 Å². The van der Waals surface area contributed by atoms with Crippen molar-refractivity contribution < 1.29 is 3.96 Å². The molecule has 0 unspecified atom stereocenters. The molecule has 32 heavy (non-hydrogen) atoms. The second-order valence-corrected chi connectivity index (χ2v) is 8.36. The molecule has 1 aliphatic rings. The van der Waals surface area contributed by atoms with Crippen molar-refractivity contribution in [3.05, 3.63) is 157 Å². The van der Waals surface area contributed by atoms with Gasteiger partial charge in [-0.15, -0.1) is 10.9 Å². The van der Waals surface area contributed by atoms with Gasteiger partial charge >= 0.3 is 6.35 Å². The maximum Gasteiger partial charge on any atom is 0.421 e. The Morgan fingerprint density at radius 1 is 0.438 bits per heavy atom. The van der Waals surface area contributed by atoms with Crippen LogP contribution in [-0.2, 0) is 0 Å². The Morgan fingerprint density at radius 3 is 1.44 bits per heavy atom. The van der Waals surface area contributed by atoms with E-state index in [2.05, 4.69) is 144 Å². The molecule has 4 aromatic carbocycles. The molecule has 0 fully saturated rings. The molecular weight excluding hydrogens is 387 g/mol. The smallest absolute Gasteiger partial charge is 0.421 e. The summed E-state index contributed by atoms with van der Waals surface area (Å²) in [6.07, 6.45) is 0.678. The van der Waals surface area contributed by atoms with Crippen LogP contribution in [0.2, 0.25) is 0 Å². The SMILES string of the molecule is c1ccc(C2=C(c3ccccc3)[B-](c3ccccc3)(c3ccccc3)[o+]3cccc32)cc1. The standard InChI is InChI=1S/C30H23BO/c1-5-14-24(15-6-1)29-28-22-13-23-32(28)31(26-18-9-3-10-19-26,27-20-11-4-12-21-27)30(29)25-16-7-2-8-17-25/h1-23H. The molecule has 1 aliphatic heterocycles. The molecule has 6 rings (SSSR count). The van der Waals surface area contributed by atoms with Crippen molar-refractivity contribution in [2.24, 2.45) is 0 Å². The third kappa shape index (κ3) is 2.66. The summed E-state index contributed by atoms with van der Waals surface area (Å²) in [4.78, 5) is 0. The Morgan fingerprint density at radius 2 is 0.906 bits per heavy atom.